The summed E-state index contributed by atoms with van der Waals surface area (Å²) < 4.78 is 6.13. The minimum Gasteiger partial charge on any atom is -0.378 e. The predicted octanol–water partition coefficient (Wildman–Crippen LogP) is 1.47. The van der Waals surface area contributed by atoms with E-state index in [1.807, 2.05) is 12.3 Å². The second-order valence-electron chi connectivity index (χ2n) is 3.81. The Hall–Kier alpha value is -1.02. The lowest BCUT2D eigenvalue weighted by atomic mass is 10.2. The van der Waals surface area contributed by atoms with Crippen LogP contribution in [0.3, 0.4) is 0 Å². The number of rotatable bonds is 1. The Morgan fingerprint density at radius 1 is 1.24 bits per heavy atom. The van der Waals surface area contributed by atoms with Crippen molar-refractivity contribution in [2.24, 2.45) is 0 Å². The summed E-state index contributed by atoms with van der Waals surface area (Å²) in [6.07, 6.45) is 3.59. The molecule has 0 aromatic carbocycles. The van der Waals surface area contributed by atoms with E-state index in [2.05, 4.69) is 42.4 Å². The number of nitrogens with zero attached hydrogens (tertiary/aromatic N) is 4. The van der Waals surface area contributed by atoms with Gasteiger partial charge in [0.15, 0.2) is 3.83 Å². The smallest absolute Gasteiger partial charge is 0.193 e. The maximum absolute atomic E-state index is 5.36. The van der Waals surface area contributed by atoms with E-state index in [4.69, 9.17) is 4.74 Å². The molecule has 0 radical (unpaired) electrons. The summed E-state index contributed by atoms with van der Waals surface area (Å²) in [7, 11) is 0. The maximum Gasteiger partial charge on any atom is 0.193 e. The van der Waals surface area contributed by atoms with Crippen molar-refractivity contribution in [1.29, 1.82) is 0 Å². The zero-order valence-electron chi connectivity index (χ0n) is 9.14. The fourth-order valence-corrected chi connectivity index (χ4v) is 2.43. The van der Waals surface area contributed by atoms with Crippen molar-refractivity contribution < 1.29 is 4.74 Å². The molecule has 0 saturated carbocycles. The van der Waals surface area contributed by atoms with Gasteiger partial charge in [-0.2, -0.15) is 0 Å². The van der Waals surface area contributed by atoms with Gasteiger partial charge in [-0.1, -0.05) is 0 Å². The van der Waals surface area contributed by atoms with Crippen molar-refractivity contribution in [3.05, 3.63) is 22.3 Å². The number of aromatic nitrogens is 3. The number of ether oxygens (including phenoxy) is 1. The van der Waals surface area contributed by atoms with E-state index in [0.717, 1.165) is 46.9 Å². The molecule has 1 fully saturated rings. The highest BCUT2D eigenvalue weighted by Crippen LogP contribution is 2.24. The van der Waals surface area contributed by atoms with Crippen LogP contribution in [0.1, 0.15) is 0 Å². The second-order valence-corrected chi connectivity index (χ2v) is 4.77. The van der Waals surface area contributed by atoms with Gasteiger partial charge in [0.25, 0.3) is 0 Å². The first kappa shape index (κ1) is 11.1. The molecule has 6 heteroatoms. The molecule has 1 aliphatic heterocycles. The Labute approximate surface area is 112 Å². The zero-order valence-corrected chi connectivity index (χ0v) is 11.3. The van der Waals surface area contributed by atoms with E-state index >= 15 is 0 Å². The lowest BCUT2D eigenvalue weighted by Crippen LogP contribution is -2.37. The third-order valence-electron chi connectivity index (χ3n) is 2.76. The van der Waals surface area contributed by atoms with Crippen molar-refractivity contribution >= 4 is 39.3 Å². The molecule has 1 saturated heterocycles. The summed E-state index contributed by atoms with van der Waals surface area (Å²) in [6, 6.07) is 1.92. The van der Waals surface area contributed by atoms with Gasteiger partial charge in [0.05, 0.1) is 24.1 Å². The van der Waals surface area contributed by atoms with Gasteiger partial charge in [-0.15, -0.1) is 0 Å². The van der Waals surface area contributed by atoms with Crippen molar-refractivity contribution in [1.82, 2.24) is 15.0 Å². The van der Waals surface area contributed by atoms with Crippen LogP contribution in [-0.4, -0.2) is 41.3 Å². The first-order valence-corrected chi connectivity index (χ1v) is 6.52. The predicted molar refractivity (Wildman–Crippen MR) is 73.1 cm³/mol. The van der Waals surface area contributed by atoms with Crippen molar-refractivity contribution in [2.45, 2.75) is 0 Å². The van der Waals surface area contributed by atoms with Crippen LogP contribution in [0.15, 0.2) is 18.5 Å². The maximum atomic E-state index is 5.36. The van der Waals surface area contributed by atoms with Crippen LogP contribution >= 0.6 is 22.6 Å². The van der Waals surface area contributed by atoms with Gasteiger partial charge in [0, 0.05) is 48.1 Å². The zero-order chi connectivity index (χ0) is 11.7. The second kappa shape index (κ2) is 4.69. The Morgan fingerprint density at radius 3 is 2.88 bits per heavy atom. The first-order valence-electron chi connectivity index (χ1n) is 5.44. The van der Waals surface area contributed by atoms with Gasteiger partial charge in [-0.25, -0.2) is 9.97 Å². The van der Waals surface area contributed by atoms with Crippen LogP contribution in [-0.2, 0) is 4.74 Å². The molecule has 0 amide bonds. The number of halogens is 1. The molecule has 1 aliphatic rings. The molecular weight excluding hydrogens is 331 g/mol. The summed E-state index contributed by atoms with van der Waals surface area (Å²) in [6.45, 7) is 3.25. The van der Waals surface area contributed by atoms with E-state index in [1.165, 1.54) is 0 Å². The molecule has 5 nitrogen and oxygen atoms in total. The fourth-order valence-electron chi connectivity index (χ4n) is 1.95. The van der Waals surface area contributed by atoms with Crippen LogP contribution in [0.5, 0.6) is 0 Å². The third kappa shape index (κ3) is 2.19. The summed E-state index contributed by atoms with van der Waals surface area (Å²) in [5, 5.41) is 1.01. The van der Waals surface area contributed by atoms with Gasteiger partial charge >= 0.3 is 0 Å². The molecule has 0 unspecified atom stereocenters. The molecule has 2 aromatic heterocycles. The van der Waals surface area contributed by atoms with Crippen molar-refractivity contribution in [3.8, 4) is 0 Å². The molecule has 17 heavy (non-hydrogen) atoms. The van der Waals surface area contributed by atoms with E-state index in [1.54, 1.807) is 6.20 Å². The quantitative estimate of drug-likeness (QED) is 0.580. The van der Waals surface area contributed by atoms with Crippen LogP contribution in [0.4, 0.5) is 5.82 Å². The monoisotopic (exact) mass is 342 g/mol. The molecule has 2 aromatic rings. The van der Waals surface area contributed by atoms with Crippen molar-refractivity contribution in [3.63, 3.8) is 0 Å². The molecule has 0 aliphatic carbocycles. The minimum atomic E-state index is 0.752. The van der Waals surface area contributed by atoms with E-state index in [9.17, 15) is 0 Å². The average Bonchev–Trinajstić information content (AvgIpc) is 2.39. The van der Waals surface area contributed by atoms with Crippen molar-refractivity contribution in [2.75, 3.05) is 31.2 Å². The highest BCUT2D eigenvalue weighted by Gasteiger charge is 2.16. The number of pyridine rings is 1. The normalized spacial score (nSPS) is 16.4. The largest absolute Gasteiger partial charge is 0.378 e. The number of fused-ring (bicyclic) bond motifs is 1. The van der Waals surface area contributed by atoms with Gasteiger partial charge in [0.2, 0.25) is 0 Å². The molecule has 0 spiro atoms. The lowest BCUT2D eigenvalue weighted by molar-refractivity contribution is 0.122. The van der Waals surface area contributed by atoms with Crippen LogP contribution < -0.4 is 4.90 Å². The highest BCUT2D eigenvalue weighted by atomic mass is 127. The Balaban J connectivity index is 2.13. The van der Waals surface area contributed by atoms with Crippen LogP contribution in [0.2, 0.25) is 0 Å². The standard InChI is InChI=1S/C11H11IN4O/c12-11-14-9-1-2-13-7-8(9)10(15-11)16-3-5-17-6-4-16/h1-2,7H,3-6H2. The molecule has 0 N–H and O–H groups in total. The van der Waals surface area contributed by atoms with Gasteiger partial charge < -0.3 is 9.64 Å². The summed E-state index contributed by atoms with van der Waals surface area (Å²) in [5.41, 5.74) is 0.945. The Kier molecular flexibility index (Phi) is 3.06. The molecule has 0 bridgehead atoms. The lowest BCUT2D eigenvalue weighted by Gasteiger charge is -2.28. The molecule has 3 heterocycles. The summed E-state index contributed by atoms with van der Waals surface area (Å²) >= 11 is 2.15. The SMILES string of the molecule is Ic1nc(N2CCOCC2)c2cnccc2n1. The Bertz CT molecular complexity index is 542. The van der Waals surface area contributed by atoms with Gasteiger partial charge in [-0.3, -0.25) is 4.98 Å². The van der Waals surface area contributed by atoms with E-state index in [-0.39, 0.29) is 0 Å². The summed E-state index contributed by atoms with van der Waals surface area (Å²) in [4.78, 5) is 15.3. The third-order valence-corrected chi connectivity index (χ3v) is 3.24. The van der Waals surface area contributed by atoms with Gasteiger partial charge in [0.1, 0.15) is 5.82 Å². The van der Waals surface area contributed by atoms with E-state index < -0.39 is 0 Å². The van der Waals surface area contributed by atoms with Gasteiger partial charge in [-0.05, 0) is 6.07 Å². The topological polar surface area (TPSA) is 51.1 Å². The number of anilines is 1. The highest BCUT2D eigenvalue weighted by molar-refractivity contribution is 14.1. The number of hydrogen-bond donors (Lipinski definition) is 0. The first-order chi connectivity index (χ1) is 8.34. The molecule has 0 atom stereocenters. The minimum absolute atomic E-state index is 0.752. The number of hydrogen-bond acceptors (Lipinski definition) is 5. The molecule has 3 rings (SSSR count). The molecular formula is C11H11IN4O. The van der Waals surface area contributed by atoms with Crippen LogP contribution in [0.25, 0.3) is 10.9 Å². The average molecular weight is 342 g/mol. The van der Waals surface area contributed by atoms with E-state index in [0.29, 0.717) is 0 Å². The molecule has 88 valence electrons. The Morgan fingerprint density at radius 2 is 2.06 bits per heavy atom. The van der Waals surface area contributed by atoms with Crippen LogP contribution in [0, 0.1) is 3.83 Å². The number of morpholine rings is 1. The fraction of sp³-hybridized carbons (Fsp3) is 0.364. The summed E-state index contributed by atoms with van der Waals surface area (Å²) in [5.74, 6) is 0.968.